The number of ether oxygens (including phenoxy) is 1. The Bertz CT molecular complexity index is 1130. The Morgan fingerprint density at radius 3 is 2.40 bits per heavy atom. The molecular weight excluding hydrogens is 429 g/mol. The van der Waals surface area contributed by atoms with E-state index in [4.69, 9.17) is 27.9 Å². The molecular formula is C21H17Cl2N3O4. The summed E-state index contributed by atoms with van der Waals surface area (Å²) in [5.74, 6) is -1.54. The number of hydrogen-bond acceptors (Lipinski definition) is 5. The van der Waals surface area contributed by atoms with E-state index in [1.807, 2.05) is 4.90 Å². The number of nitrogens with one attached hydrogen (secondary N) is 1. The van der Waals surface area contributed by atoms with Crippen LogP contribution in [0, 0.1) is 0 Å². The van der Waals surface area contributed by atoms with E-state index in [-0.39, 0.29) is 21.2 Å². The Balaban J connectivity index is 1.81. The quantitative estimate of drug-likeness (QED) is 0.620. The monoisotopic (exact) mass is 445 g/mol. The lowest BCUT2D eigenvalue weighted by Crippen LogP contribution is -2.37. The number of amides is 1. The molecule has 1 aromatic heterocycles. The normalized spacial score (nSPS) is 14.0. The van der Waals surface area contributed by atoms with Gasteiger partial charge in [-0.2, -0.15) is 0 Å². The van der Waals surface area contributed by atoms with Crippen LogP contribution in [0.1, 0.15) is 20.7 Å². The Hall–Kier alpha value is -2.87. The smallest absolute Gasteiger partial charge is 0.339 e. The third-order valence-electron chi connectivity index (χ3n) is 4.86. The van der Waals surface area contributed by atoms with Crippen molar-refractivity contribution in [2.45, 2.75) is 0 Å². The van der Waals surface area contributed by atoms with Crippen molar-refractivity contribution in [2.75, 3.05) is 36.5 Å². The molecule has 1 fully saturated rings. The highest BCUT2D eigenvalue weighted by Gasteiger charge is 2.23. The minimum Gasteiger partial charge on any atom is -0.478 e. The van der Waals surface area contributed by atoms with Crippen LogP contribution in [0.4, 0.5) is 11.4 Å². The molecule has 2 N–H and O–H groups in total. The lowest BCUT2D eigenvalue weighted by atomic mass is 10.1. The lowest BCUT2D eigenvalue weighted by molar-refractivity contribution is 0.0696. The number of halogens is 2. The van der Waals surface area contributed by atoms with Gasteiger partial charge in [0.2, 0.25) is 0 Å². The molecule has 2 aromatic carbocycles. The SMILES string of the molecule is O=C(O)c1cnc2c(NC(=O)c3c(Cl)cccc3Cl)cccc2c1N1CCOCC1. The maximum absolute atomic E-state index is 12.8. The summed E-state index contributed by atoms with van der Waals surface area (Å²) >= 11 is 12.3. The van der Waals surface area contributed by atoms with Gasteiger partial charge in [-0.05, 0) is 18.2 Å². The van der Waals surface area contributed by atoms with Crippen LogP contribution in [0.5, 0.6) is 0 Å². The standard InChI is InChI=1S/C21H17Cl2N3O4/c22-14-4-2-5-15(23)17(14)20(27)25-16-6-1-3-12-18(16)24-11-13(21(28)29)19(12)26-7-9-30-10-8-26/h1-6,11H,7-10H2,(H,25,27)(H,28,29). The van der Waals surface area contributed by atoms with Crippen molar-refractivity contribution in [1.82, 2.24) is 4.98 Å². The minimum absolute atomic E-state index is 0.0991. The summed E-state index contributed by atoms with van der Waals surface area (Å²) in [5.41, 5.74) is 1.72. The molecule has 30 heavy (non-hydrogen) atoms. The predicted octanol–water partition coefficient (Wildman–Crippen LogP) is 4.33. The number of aromatic nitrogens is 1. The number of nitrogens with zero attached hydrogens (tertiary/aromatic N) is 2. The number of fused-ring (bicyclic) bond motifs is 1. The van der Waals surface area contributed by atoms with E-state index in [1.165, 1.54) is 6.20 Å². The molecule has 0 saturated carbocycles. The van der Waals surface area contributed by atoms with Gasteiger partial charge in [0.25, 0.3) is 5.91 Å². The summed E-state index contributed by atoms with van der Waals surface area (Å²) in [7, 11) is 0. The maximum Gasteiger partial charge on any atom is 0.339 e. The summed E-state index contributed by atoms with van der Waals surface area (Å²) in [5, 5.41) is 13.6. The van der Waals surface area contributed by atoms with E-state index in [0.29, 0.717) is 48.6 Å². The second-order valence-electron chi connectivity index (χ2n) is 6.68. The molecule has 0 spiro atoms. The van der Waals surface area contributed by atoms with Crippen LogP contribution < -0.4 is 10.2 Å². The number of morpholine rings is 1. The number of pyridine rings is 1. The number of anilines is 2. The van der Waals surface area contributed by atoms with Crippen LogP contribution in [0.3, 0.4) is 0 Å². The number of carbonyl (C=O) groups excluding carboxylic acids is 1. The molecule has 1 saturated heterocycles. The number of hydrogen-bond donors (Lipinski definition) is 2. The zero-order chi connectivity index (χ0) is 21.3. The van der Waals surface area contributed by atoms with Gasteiger partial charge < -0.3 is 20.1 Å². The van der Waals surface area contributed by atoms with Crippen molar-refractivity contribution in [1.29, 1.82) is 0 Å². The third kappa shape index (κ3) is 3.79. The fourth-order valence-corrected chi connectivity index (χ4v) is 4.06. The van der Waals surface area contributed by atoms with E-state index in [2.05, 4.69) is 10.3 Å². The van der Waals surface area contributed by atoms with Gasteiger partial charge in [-0.1, -0.05) is 41.4 Å². The number of carboxylic acids is 1. The van der Waals surface area contributed by atoms with Crippen LogP contribution in [0.2, 0.25) is 10.0 Å². The fraction of sp³-hybridized carbons (Fsp3) is 0.190. The Kier molecular flexibility index (Phi) is 5.76. The molecule has 0 atom stereocenters. The number of carbonyl (C=O) groups is 2. The van der Waals surface area contributed by atoms with Gasteiger partial charge in [-0.15, -0.1) is 0 Å². The second kappa shape index (κ2) is 8.47. The van der Waals surface area contributed by atoms with Crippen molar-refractivity contribution in [3.63, 3.8) is 0 Å². The first-order chi connectivity index (χ1) is 14.5. The van der Waals surface area contributed by atoms with Crippen LogP contribution in [-0.2, 0) is 4.74 Å². The Labute approximate surface area is 182 Å². The summed E-state index contributed by atoms with van der Waals surface area (Å²) in [6, 6.07) is 10.0. The van der Waals surface area contributed by atoms with E-state index < -0.39 is 11.9 Å². The summed E-state index contributed by atoms with van der Waals surface area (Å²) in [6.45, 7) is 2.13. The van der Waals surface area contributed by atoms with E-state index in [0.717, 1.165) is 0 Å². The first kappa shape index (κ1) is 20.4. The average Bonchev–Trinajstić information content (AvgIpc) is 2.73. The van der Waals surface area contributed by atoms with Gasteiger partial charge in [0.15, 0.2) is 0 Å². The van der Waals surface area contributed by atoms with Gasteiger partial charge in [0.05, 0.1) is 45.7 Å². The van der Waals surface area contributed by atoms with Crippen LogP contribution in [0.25, 0.3) is 10.9 Å². The van der Waals surface area contributed by atoms with Crippen molar-refractivity contribution < 1.29 is 19.4 Å². The molecule has 1 aliphatic rings. The van der Waals surface area contributed by atoms with E-state index in [1.54, 1.807) is 36.4 Å². The second-order valence-corrected chi connectivity index (χ2v) is 7.49. The van der Waals surface area contributed by atoms with Crippen molar-refractivity contribution in [3.8, 4) is 0 Å². The van der Waals surface area contributed by atoms with Crippen molar-refractivity contribution >= 4 is 57.4 Å². The molecule has 2 heterocycles. The summed E-state index contributed by atoms with van der Waals surface area (Å²) < 4.78 is 5.39. The fourth-order valence-electron chi connectivity index (χ4n) is 3.49. The van der Waals surface area contributed by atoms with Crippen LogP contribution in [0.15, 0.2) is 42.6 Å². The molecule has 9 heteroatoms. The molecule has 0 aliphatic carbocycles. The lowest BCUT2D eigenvalue weighted by Gasteiger charge is -2.31. The highest BCUT2D eigenvalue weighted by Crippen LogP contribution is 2.34. The minimum atomic E-state index is -1.07. The number of carboxylic acid groups (broad SMARTS) is 1. The van der Waals surface area contributed by atoms with Crippen LogP contribution >= 0.6 is 23.2 Å². The van der Waals surface area contributed by atoms with Crippen LogP contribution in [-0.4, -0.2) is 48.3 Å². The topological polar surface area (TPSA) is 91.8 Å². The number of aromatic carboxylic acids is 1. The van der Waals surface area contributed by atoms with Gasteiger partial charge in [-0.3, -0.25) is 9.78 Å². The van der Waals surface area contributed by atoms with Gasteiger partial charge in [0.1, 0.15) is 5.56 Å². The first-order valence-electron chi connectivity index (χ1n) is 9.20. The summed E-state index contributed by atoms with van der Waals surface area (Å²) in [6.07, 6.45) is 1.31. The maximum atomic E-state index is 12.8. The highest BCUT2D eigenvalue weighted by atomic mass is 35.5. The molecule has 1 aliphatic heterocycles. The molecule has 7 nitrogen and oxygen atoms in total. The van der Waals surface area contributed by atoms with Gasteiger partial charge in [0, 0.05) is 24.7 Å². The molecule has 0 unspecified atom stereocenters. The number of rotatable bonds is 4. The zero-order valence-corrected chi connectivity index (χ0v) is 17.2. The molecule has 0 bridgehead atoms. The van der Waals surface area contributed by atoms with Gasteiger partial charge in [-0.25, -0.2) is 4.79 Å². The highest BCUT2D eigenvalue weighted by molar-refractivity contribution is 6.40. The number of para-hydroxylation sites is 1. The molecule has 154 valence electrons. The third-order valence-corrected chi connectivity index (χ3v) is 5.49. The molecule has 1 amide bonds. The number of benzene rings is 2. The Morgan fingerprint density at radius 1 is 1.07 bits per heavy atom. The van der Waals surface area contributed by atoms with Gasteiger partial charge >= 0.3 is 5.97 Å². The van der Waals surface area contributed by atoms with E-state index >= 15 is 0 Å². The van der Waals surface area contributed by atoms with E-state index in [9.17, 15) is 14.7 Å². The average molecular weight is 446 g/mol. The van der Waals surface area contributed by atoms with Crippen molar-refractivity contribution in [3.05, 3.63) is 63.8 Å². The first-order valence-corrected chi connectivity index (χ1v) is 9.96. The molecule has 3 aromatic rings. The van der Waals surface area contributed by atoms with Crippen molar-refractivity contribution in [2.24, 2.45) is 0 Å². The molecule has 4 rings (SSSR count). The summed E-state index contributed by atoms with van der Waals surface area (Å²) in [4.78, 5) is 31.0. The largest absolute Gasteiger partial charge is 0.478 e. The predicted molar refractivity (Wildman–Crippen MR) is 116 cm³/mol. The zero-order valence-electron chi connectivity index (χ0n) is 15.7. The molecule has 0 radical (unpaired) electrons. The Morgan fingerprint density at radius 2 is 1.73 bits per heavy atom.